The lowest BCUT2D eigenvalue weighted by atomic mass is 10.0. The zero-order chi connectivity index (χ0) is 13.0. The van der Waals surface area contributed by atoms with E-state index < -0.39 is 0 Å². The first kappa shape index (κ1) is 12.9. The Morgan fingerprint density at radius 2 is 2.00 bits per heavy atom. The smallest absolute Gasteiger partial charge is 0.0726 e. The summed E-state index contributed by atoms with van der Waals surface area (Å²) >= 11 is 0. The van der Waals surface area contributed by atoms with Crippen molar-refractivity contribution in [3.8, 4) is 0 Å². The molecular formula is C16H22N2. The number of aryl methyl sites for hydroxylation is 2. The van der Waals surface area contributed by atoms with Crippen LogP contribution in [-0.2, 0) is 6.42 Å². The van der Waals surface area contributed by atoms with Gasteiger partial charge < -0.3 is 5.32 Å². The summed E-state index contributed by atoms with van der Waals surface area (Å²) in [6.07, 6.45) is 3.65. The van der Waals surface area contributed by atoms with E-state index in [2.05, 4.69) is 48.4 Å². The van der Waals surface area contributed by atoms with Crippen molar-refractivity contribution in [3.05, 3.63) is 35.5 Å². The highest BCUT2D eigenvalue weighted by molar-refractivity contribution is 5.92. The van der Waals surface area contributed by atoms with Crippen LogP contribution in [0.1, 0.15) is 37.9 Å². The first-order valence-electron chi connectivity index (χ1n) is 6.88. The maximum absolute atomic E-state index is 4.60. The summed E-state index contributed by atoms with van der Waals surface area (Å²) in [5.41, 5.74) is 4.78. The third-order valence-electron chi connectivity index (χ3n) is 3.19. The predicted octanol–water partition coefficient (Wildman–Crippen LogP) is 4.32. The average molecular weight is 242 g/mol. The lowest BCUT2D eigenvalue weighted by Gasteiger charge is -2.10. The number of aromatic nitrogens is 1. The van der Waals surface area contributed by atoms with E-state index in [1.807, 2.05) is 6.92 Å². The van der Waals surface area contributed by atoms with Gasteiger partial charge in [-0.3, -0.25) is 4.98 Å². The molecule has 0 radical (unpaired) electrons. The Balaban J connectivity index is 2.45. The van der Waals surface area contributed by atoms with Crippen molar-refractivity contribution >= 4 is 16.6 Å². The molecule has 0 saturated carbocycles. The Bertz CT molecular complexity index is 532. The molecule has 0 aliphatic heterocycles. The summed E-state index contributed by atoms with van der Waals surface area (Å²) in [4.78, 5) is 4.60. The number of unbranched alkanes of at least 4 members (excludes halogenated alkanes) is 1. The van der Waals surface area contributed by atoms with Gasteiger partial charge in [0.15, 0.2) is 0 Å². The van der Waals surface area contributed by atoms with Gasteiger partial charge in [0.25, 0.3) is 0 Å². The molecule has 1 N–H and O–H groups in total. The normalized spacial score (nSPS) is 10.8. The first-order valence-corrected chi connectivity index (χ1v) is 6.88. The molecule has 0 atom stereocenters. The van der Waals surface area contributed by atoms with Crippen molar-refractivity contribution in [2.75, 3.05) is 11.9 Å². The number of hydrogen-bond acceptors (Lipinski definition) is 2. The molecule has 2 heteroatoms. The van der Waals surface area contributed by atoms with Crippen LogP contribution in [0.2, 0.25) is 0 Å². The topological polar surface area (TPSA) is 24.9 Å². The third-order valence-corrected chi connectivity index (χ3v) is 3.19. The van der Waals surface area contributed by atoms with Crippen LogP contribution in [0, 0.1) is 6.92 Å². The molecule has 0 bridgehead atoms. The molecular weight excluding hydrogens is 220 g/mol. The van der Waals surface area contributed by atoms with Gasteiger partial charge in [-0.15, -0.1) is 0 Å². The second-order valence-corrected chi connectivity index (χ2v) is 4.80. The molecule has 2 rings (SSSR count). The molecule has 18 heavy (non-hydrogen) atoms. The number of pyridine rings is 1. The lowest BCUT2D eigenvalue weighted by molar-refractivity contribution is 0.796. The van der Waals surface area contributed by atoms with Crippen molar-refractivity contribution in [2.24, 2.45) is 0 Å². The molecule has 1 heterocycles. The van der Waals surface area contributed by atoms with Gasteiger partial charge in [-0.25, -0.2) is 0 Å². The van der Waals surface area contributed by atoms with Crippen LogP contribution in [0.4, 0.5) is 5.69 Å². The molecule has 1 aromatic heterocycles. The van der Waals surface area contributed by atoms with E-state index in [0.717, 1.165) is 24.2 Å². The van der Waals surface area contributed by atoms with E-state index in [-0.39, 0.29) is 0 Å². The van der Waals surface area contributed by atoms with Crippen LogP contribution >= 0.6 is 0 Å². The Hall–Kier alpha value is -1.57. The Morgan fingerprint density at radius 3 is 2.72 bits per heavy atom. The highest BCUT2D eigenvalue weighted by atomic mass is 14.9. The molecule has 0 unspecified atom stereocenters. The van der Waals surface area contributed by atoms with Crippen LogP contribution in [0.5, 0.6) is 0 Å². The van der Waals surface area contributed by atoms with E-state index in [9.17, 15) is 0 Å². The van der Waals surface area contributed by atoms with Gasteiger partial charge in [0.05, 0.1) is 5.52 Å². The second-order valence-electron chi connectivity index (χ2n) is 4.80. The minimum atomic E-state index is 0.942. The van der Waals surface area contributed by atoms with Gasteiger partial charge >= 0.3 is 0 Å². The Labute approximate surface area is 109 Å². The number of hydrogen-bond donors (Lipinski definition) is 1. The number of nitrogens with one attached hydrogen (secondary N) is 1. The lowest BCUT2D eigenvalue weighted by Crippen LogP contribution is -1.99. The summed E-state index contributed by atoms with van der Waals surface area (Å²) < 4.78 is 0. The van der Waals surface area contributed by atoms with Crippen molar-refractivity contribution in [1.29, 1.82) is 0 Å². The summed E-state index contributed by atoms with van der Waals surface area (Å²) in [5.74, 6) is 0. The van der Waals surface area contributed by atoms with Crippen LogP contribution in [0.3, 0.4) is 0 Å². The summed E-state index contributed by atoms with van der Waals surface area (Å²) in [6, 6.07) is 8.78. The fourth-order valence-electron chi connectivity index (χ4n) is 2.28. The second kappa shape index (κ2) is 5.85. The number of fused-ring (bicyclic) bond motifs is 1. The largest absolute Gasteiger partial charge is 0.385 e. The maximum Gasteiger partial charge on any atom is 0.0726 e. The van der Waals surface area contributed by atoms with E-state index in [1.54, 1.807) is 0 Å². The molecule has 1 aromatic carbocycles. The quantitative estimate of drug-likeness (QED) is 0.844. The fraction of sp³-hybridized carbons (Fsp3) is 0.438. The molecule has 0 aliphatic carbocycles. The van der Waals surface area contributed by atoms with Gasteiger partial charge in [-0.2, -0.15) is 0 Å². The van der Waals surface area contributed by atoms with Crippen LogP contribution in [0.25, 0.3) is 10.9 Å². The average Bonchev–Trinajstić information content (AvgIpc) is 2.37. The van der Waals surface area contributed by atoms with Gasteiger partial charge in [0, 0.05) is 23.3 Å². The number of anilines is 1. The molecule has 0 fully saturated rings. The van der Waals surface area contributed by atoms with Gasteiger partial charge in [0.2, 0.25) is 0 Å². The fourth-order valence-corrected chi connectivity index (χ4v) is 2.28. The molecule has 0 saturated heterocycles. The van der Waals surface area contributed by atoms with E-state index >= 15 is 0 Å². The van der Waals surface area contributed by atoms with Gasteiger partial charge in [-0.05, 0) is 50.5 Å². The molecule has 0 spiro atoms. The molecule has 0 aliphatic rings. The van der Waals surface area contributed by atoms with Crippen LogP contribution < -0.4 is 5.32 Å². The summed E-state index contributed by atoms with van der Waals surface area (Å²) in [6.45, 7) is 7.35. The van der Waals surface area contributed by atoms with Crippen LogP contribution in [0.15, 0.2) is 24.3 Å². The van der Waals surface area contributed by atoms with Crippen molar-refractivity contribution in [1.82, 2.24) is 4.98 Å². The van der Waals surface area contributed by atoms with Crippen LogP contribution in [-0.4, -0.2) is 11.5 Å². The molecule has 2 aromatic rings. The van der Waals surface area contributed by atoms with E-state index in [4.69, 9.17) is 0 Å². The number of benzene rings is 1. The maximum atomic E-state index is 4.60. The SMILES string of the molecule is CCCCc1ccc2nc(C)cc(NCC)c2c1. The Kier molecular flexibility index (Phi) is 4.19. The van der Waals surface area contributed by atoms with E-state index in [1.165, 1.54) is 29.5 Å². The first-order chi connectivity index (χ1) is 8.74. The molecule has 0 amide bonds. The zero-order valence-electron chi connectivity index (χ0n) is 11.6. The van der Waals surface area contributed by atoms with Crippen molar-refractivity contribution in [3.63, 3.8) is 0 Å². The van der Waals surface area contributed by atoms with Crippen molar-refractivity contribution < 1.29 is 0 Å². The predicted molar refractivity (Wildman–Crippen MR) is 79.3 cm³/mol. The minimum absolute atomic E-state index is 0.942. The van der Waals surface area contributed by atoms with Gasteiger partial charge in [0.1, 0.15) is 0 Å². The van der Waals surface area contributed by atoms with Crippen molar-refractivity contribution in [2.45, 2.75) is 40.0 Å². The monoisotopic (exact) mass is 242 g/mol. The number of rotatable bonds is 5. The number of nitrogens with zero attached hydrogens (tertiary/aromatic N) is 1. The summed E-state index contributed by atoms with van der Waals surface area (Å²) in [7, 11) is 0. The molecule has 96 valence electrons. The zero-order valence-corrected chi connectivity index (χ0v) is 11.6. The van der Waals surface area contributed by atoms with E-state index in [0.29, 0.717) is 0 Å². The summed E-state index contributed by atoms with van der Waals surface area (Å²) in [5, 5.41) is 4.68. The standard InChI is InChI=1S/C16H22N2/c1-4-6-7-13-8-9-15-14(11-13)16(17-5-2)10-12(3)18-15/h8-11H,4-7H2,1-3H3,(H,17,18). The highest BCUT2D eigenvalue weighted by Crippen LogP contribution is 2.25. The highest BCUT2D eigenvalue weighted by Gasteiger charge is 2.04. The van der Waals surface area contributed by atoms with Gasteiger partial charge in [-0.1, -0.05) is 19.4 Å². The molecule has 2 nitrogen and oxygen atoms in total. The Morgan fingerprint density at radius 1 is 1.17 bits per heavy atom. The third kappa shape index (κ3) is 2.81. The minimum Gasteiger partial charge on any atom is -0.385 e.